The second-order valence-electron chi connectivity index (χ2n) is 6.74. The molecule has 134 valence electrons. The highest BCUT2D eigenvalue weighted by molar-refractivity contribution is 5.86. The first kappa shape index (κ1) is 16.5. The fourth-order valence-corrected chi connectivity index (χ4v) is 3.58. The maximum absolute atomic E-state index is 12.8. The number of nitrogens with one attached hydrogen (secondary N) is 1. The topological polar surface area (TPSA) is 92.1 Å². The van der Waals surface area contributed by atoms with Crippen LogP contribution in [0.4, 0.5) is 0 Å². The molecule has 1 aliphatic rings. The molecule has 1 fully saturated rings. The van der Waals surface area contributed by atoms with Gasteiger partial charge in [0.25, 0.3) is 5.56 Å². The number of rotatable bonds is 3. The van der Waals surface area contributed by atoms with Gasteiger partial charge in [0, 0.05) is 30.5 Å². The Balaban J connectivity index is 1.50. The maximum atomic E-state index is 12.8. The van der Waals surface area contributed by atoms with Crippen LogP contribution in [0.5, 0.6) is 0 Å². The largest absolute Gasteiger partial charge is 0.356 e. The molecule has 0 radical (unpaired) electrons. The van der Waals surface area contributed by atoms with Crippen molar-refractivity contribution >= 4 is 16.9 Å². The second-order valence-corrected chi connectivity index (χ2v) is 6.74. The number of nitrogens with zero attached hydrogens (tertiary/aromatic N) is 3. The molecule has 3 aromatic rings. The highest BCUT2D eigenvalue weighted by Crippen LogP contribution is 2.26. The third-order valence-corrected chi connectivity index (χ3v) is 4.84. The first-order valence-electron chi connectivity index (χ1n) is 8.79. The van der Waals surface area contributed by atoms with Gasteiger partial charge in [0.05, 0.1) is 12.1 Å². The van der Waals surface area contributed by atoms with Crippen LogP contribution < -0.4 is 5.56 Å². The van der Waals surface area contributed by atoms with Crippen LogP contribution in [0, 0.1) is 6.92 Å². The molecular formula is C19H20N4O3. The van der Waals surface area contributed by atoms with Gasteiger partial charge in [0.15, 0.2) is 5.58 Å². The summed E-state index contributed by atoms with van der Waals surface area (Å²) in [4.78, 5) is 33.4. The zero-order valence-corrected chi connectivity index (χ0v) is 14.6. The zero-order chi connectivity index (χ0) is 18.1. The van der Waals surface area contributed by atoms with E-state index in [1.165, 1.54) is 6.07 Å². The zero-order valence-electron chi connectivity index (χ0n) is 14.6. The minimum absolute atomic E-state index is 0.0234. The number of aromatic amines is 1. The summed E-state index contributed by atoms with van der Waals surface area (Å²) in [6.45, 7) is 3.06. The molecule has 0 spiro atoms. The molecule has 7 nitrogen and oxygen atoms in total. The van der Waals surface area contributed by atoms with Gasteiger partial charge < -0.3 is 14.4 Å². The second kappa shape index (κ2) is 6.74. The Hall–Kier alpha value is -2.96. The van der Waals surface area contributed by atoms with Crippen LogP contribution in [0.3, 0.4) is 0 Å². The van der Waals surface area contributed by atoms with Crippen LogP contribution in [-0.4, -0.2) is 39.0 Å². The predicted octanol–water partition coefficient (Wildman–Crippen LogP) is 2.17. The Morgan fingerprint density at radius 3 is 3.08 bits per heavy atom. The van der Waals surface area contributed by atoms with Crippen LogP contribution >= 0.6 is 0 Å². The van der Waals surface area contributed by atoms with Gasteiger partial charge in [-0.3, -0.25) is 9.59 Å². The number of hydrogen-bond acceptors (Lipinski definition) is 5. The van der Waals surface area contributed by atoms with Gasteiger partial charge in [-0.25, -0.2) is 4.98 Å². The van der Waals surface area contributed by atoms with Crippen molar-refractivity contribution in [2.75, 3.05) is 13.1 Å². The number of likely N-dealkylation sites (tertiary alicyclic amines) is 1. The average Bonchev–Trinajstić information content (AvgIpc) is 3.04. The number of para-hydroxylation sites is 1. The van der Waals surface area contributed by atoms with E-state index in [9.17, 15) is 9.59 Å². The average molecular weight is 352 g/mol. The molecule has 2 aromatic heterocycles. The molecular weight excluding hydrogens is 332 g/mol. The molecule has 7 heteroatoms. The van der Waals surface area contributed by atoms with Crippen LogP contribution in [0.15, 0.2) is 39.6 Å². The number of piperidine rings is 1. The first-order valence-corrected chi connectivity index (χ1v) is 8.79. The van der Waals surface area contributed by atoms with Crippen LogP contribution in [0.25, 0.3) is 11.0 Å². The third kappa shape index (κ3) is 3.24. The number of carbonyl (C=O) groups excluding carboxylic acids is 1. The lowest BCUT2D eigenvalue weighted by Gasteiger charge is -2.32. The molecule has 1 amide bonds. The fourth-order valence-electron chi connectivity index (χ4n) is 3.58. The molecule has 1 N–H and O–H groups in total. The van der Waals surface area contributed by atoms with Gasteiger partial charge >= 0.3 is 0 Å². The van der Waals surface area contributed by atoms with Crippen molar-refractivity contribution in [1.29, 1.82) is 0 Å². The number of hydrogen-bond donors (Lipinski definition) is 1. The van der Waals surface area contributed by atoms with E-state index < -0.39 is 0 Å². The number of aryl methyl sites for hydroxylation is 1. The molecule has 3 heterocycles. The SMILES string of the molecule is Cc1nc([C@H]2CCCN(C(=O)Cc3noc4ccccc34)C2)cc(=O)[nH]1. The van der Waals surface area contributed by atoms with E-state index in [4.69, 9.17) is 4.52 Å². The van der Waals surface area contributed by atoms with Crippen molar-refractivity contribution < 1.29 is 9.32 Å². The molecule has 0 aliphatic carbocycles. The number of fused-ring (bicyclic) bond motifs is 1. The summed E-state index contributed by atoms with van der Waals surface area (Å²) in [6, 6.07) is 9.08. The van der Waals surface area contributed by atoms with E-state index in [1.54, 1.807) is 6.92 Å². The Morgan fingerprint density at radius 1 is 1.38 bits per heavy atom. The first-order chi connectivity index (χ1) is 12.6. The van der Waals surface area contributed by atoms with Crippen molar-refractivity contribution in [3.05, 3.63) is 57.9 Å². The highest BCUT2D eigenvalue weighted by Gasteiger charge is 2.27. The number of benzene rings is 1. The van der Waals surface area contributed by atoms with E-state index in [0.717, 1.165) is 23.9 Å². The molecule has 1 atom stereocenters. The molecule has 1 aromatic carbocycles. The maximum Gasteiger partial charge on any atom is 0.251 e. The summed E-state index contributed by atoms with van der Waals surface area (Å²) in [6.07, 6.45) is 2.03. The molecule has 26 heavy (non-hydrogen) atoms. The number of H-pyrrole nitrogens is 1. The van der Waals surface area contributed by atoms with E-state index in [0.29, 0.717) is 30.2 Å². The Labute approximate surface area is 150 Å². The number of aromatic nitrogens is 3. The summed E-state index contributed by atoms with van der Waals surface area (Å²) < 4.78 is 5.29. The Bertz CT molecular complexity index is 1010. The van der Waals surface area contributed by atoms with Crippen LogP contribution in [0.1, 0.15) is 36.0 Å². The van der Waals surface area contributed by atoms with Crippen molar-refractivity contribution in [1.82, 2.24) is 20.0 Å². The van der Waals surface area contributed by atoms with E-state index in [1.807, 2.05) is 29.2 Å². The van der Waals surface area contributed by atoms with Gasteiger partial charge in [-0.15, -0.1) is 0 Å². The lowest BCUT2D eigenvalue weighted by molar-refractivity contribution is -0.131. The summed E-state index contributed by atoms with van der Waals surface area (Å²) in [5, 5.41) is 4.93. The van der Waals surface area contributed by atoms with Gasteiger partial charge in [0.2, 0.25) is 5.91 Å². The predicted molar refractivity (Wildman–Crippen MR) is 95.9 cm³/mol. The minimum Gasteiger partial charge on any atom is -0.356 e. The summed E-state index contributed by atoms with van der Waals surface area (Å²) >= 11 is 0. The lowest BCUT2D eigenvalue weighted by Crippen LogP contribution is -2.40. The van der Waals surface area contributed by atoms with Crippen molar-refractivity contribution in [2.24, 2.45) is 0 Å². The molecule has 0 unspecified atom stereocenters. The summed E-state index contributed by atoms with van der Waals surface area (Å²) in [5.74, 6) is 0.711. The van der Waals surface area contributed by atoms with Crippen LogP contribution in [-0.2, 0) is 11.2 Å². The quantitative estimate of drug-likeness (QED) is 0.780. The lowest BCUT2D eigenvalue weighted by atomic mass is 9.94. The summed E-state index contributed by atoms with van der Waals surface area (Å²) in [7, 11) is 0. The van der Waals surface area contributed by atoms with E-state index >= 15 is 0 Å². The number of amides is 1. The summed E-state index contributed by atoms with van der Waals surface area (Å²) in [5.41, 5.74) is 1.97. The van der Waals surface area contributed by atoms with Gasteiger partial charge in [-0.1, -0.05) is 17.3 Å². The van der Waals surface area contributed by atoms with Gasteiger partial charge in [-0.05, 0) is 31.9 Å². The monoisotopic (exact) mass is 352 g/mol. The minimum atomic E-state index is -0.148. The Morgan fingerprint density at radius 2 is 2.23 bits per heavy atom. The fraction of sp³-hybridized carbons (Fsp3) is 0.368. The highest BCUT2D eigenvalue weighted by atomic mass is 16.5. The van der Waals surface area contributed by atoms with Gasteiger partial charge in [-0.2, -0.15) is 0 Å². The Kier molecular flexibility index (Phi) is 4.28. The van der Waals surface area contributed by atoms with E-state index in [-0.39, 0.29) is 23.8 Å². The molecule has 4 rings (SSSR count). The normalized spacial score (nSPS) is 17.6. The standard InChI is InChI=1S/C19H20N4O3/c1-12-20-15(9-18(24)21-12)13-5-4-8-23(11-13)19(25)10-16-14-6-2-3-7-17(14)26-22-16/h2-3,6-7,9,13H,4-5,8,10-11H2,1H3,(H,20,21,24)/t13-/m0/s1. The van der Waals surface area contributed by atoms with Crippen LogP contribution in [0.2, 0.25) is 0 Å². The van der Waals surface area contributed by atoms with Crippen molar-refractivity contribution in [3.8, 4) is 0 Å². The third-order valence-electron chi connectivity index (χ3n) is 4.84. The molecule has 0 bridgehead atoms. The van der Waals surface area contributed by atoms with E-state index in [2.05, 4.69) is 15.1 Å². The number of carbonyl (C=O) groups is 1. The molecule has 1 saturated heterocycles. The van der Waals surface area contributed by atoms with Crippen molar-refractivity contribution in [3.63, 3.8) is 0 Å². The van der Waals surface area contributed by atoms with Gasteiger partial charge in [0.1, 0.15) is 11.5 Å². The molecule has 1 aliphatic heterocycles. The smallest absolute Gasteiger partial charge is 0.251 e. The molecule has 0 saturated carbocycles. The van der Waals surface area contributed by atoms with Crippen molar-refractivity contribution in [2.45, 2.75) is 32.1 Å².